The number of fused-ring (bicyclic) bond motifs is 1. The lowest BCUT2D eigenvalue weighted by atomic mass is 10.1. The first-order valence-electron chi connectivity index (χ1n) is 9.09. The Morgan fingerprint density at radius 1 is 1.27 bits per heavy atom. The van der Waals surface area contributed by atoms with Gasteiger partial charge in [0.2, 0.25) is 6.79 Å². The molecule has 2 heterocycles. The van der Waals surface area contributed by atoms with Crippen LogP contribution in [0.2, 0.25) is 0 Å². The molecule has 1 atom stereocenters. The number of hydrogen-bond acceptors (Lipinski definition) is 4. The minimum absolute atomic E-state index is 0.163. The van der Waals surface area contributed by atoms with E-state index >= 15 is 0 Å². The van der Waals surface area contributed by atoms with Crippen LogP contribution in [0.15, 0.2) is 29.6 Å². The van der Waals surface area contributed by atoms with Crippen molar-refractivity contribution in [3.05, 3.63) is 45.6 Å². The Bertz CT molecular complexity index is 759. The highest BCUT2D eigenvalue weighted by Gasteiger charge is 2.20. The molecule has 1 amide bonds. The number of thiophene rings is 1. The molecule has 2 N–H and O–H groups in total. The number of aryl methyl sites for hydroxylation is 1. The minimum Gasteiger partial charge on any atom is -0.454 e. The maximum atomic E-state index is 12.9. The maximum Gasteiger partial charge on any atom is 0.278 e. The predicted octanol–water partition coefficient (Wildman–Crippen LogP) is 2.68. The van der Waals surface area contributed by atoms with Crippen LogP contribution in [0.4, 0.5) is 0 Å². The molecule has 6 heteroatoms. The fourth-order valence-electron chi connectivity index (χ4n) is 2.83. The third kappa shape index (κ3) is 4.56. The highest BCUT2D eigenvalue weighted by atomic mass is 32.1. The van der Waals surface area contributed by atoms with Crippen molar-refractivity contribution >= 4 is 17.2 Å². The van der Waals surface area contributed by atoms with Crippen molar-refractivity contribution in [1.29, 1.82) is 0 Å². The number of ether oxygens (including phenoxy) is 2. The van der Waals surface area contributed by atoms with E-state index in [9.17, 15) is 4.79 Å². The number of carbonyl (C=O) groups excluding carboxylic acids is 1. The Morgan fingerprint density at radius 3 is 2.81 bits per heavy atom. The highest BCUT2D eigenvalue weighted by Crippen LogP contribution is 2.33. The van der Waals surface area contributed by atoms with Gasteiger partial charge in [0.05, 0.1) is 12.6 Å². The van der Waals surface area contributed by atoms with Crippen molar-refractivity contribution in [3.63, 3.8) is 0 Å². The van der Waals surface area contributed by atoms with Crippen LogP contribution in [0.25, 0.3) is 0 Å². The average Bonchev–Trinajstić information content (AvgIpc) is 3.27. The molecule has 0 saturated carbocycles. The van der Waals surface area contributed by atoms with Crippen molar-refractivity contribution in [1.82, 2.24) is 4.90 Å². The van der Waals surface area contributed by atoms with E-state index in [2.05, 4.69) is 37.5 Å². The van der Waals surface area contributed by atoms with Gasteiger partial charge in [0, 0.05) is 11.4 Å². The summed E-state index contributed by atoms with van der Waals surface area (Å²) in [5.41, 5.74) is 2.30. The van der Waals surface area contributed by atoms with Crippen LogP contribution in [-0.2, 0) is 17.9 Å². The summed E-state index contributed by atoms with van der Waals surface area (Å²) in [6, 6.07) is 8.46. The van der Waals surface area contributed by atoms with Crippen LogP contribution in [0.1, 0.15) is 36.3 Å². The van der Waals surface area contributed by atoms with Crippen LogP contribution >= 0.6 is 11.3 Å². The molecule has 0 saturated heterocycles. The van der Waals surface area contributed by atoms with E-state index in [0.717, 1.165) is 23.5 Å². The van der Waals surface area contributed by atoms with Gasteiger partial charge in [0.1, 0.15) is 0 Å². The second-order valence-electron chi connectivity index (χ2n) is 6.79. The van der Waals surface area contributed by atoms with Crippen molar-refractivity contribution in [2.75, 3.05) is 13.3 Å². The lowest BCUT2D eigenvalue weighted by Crippen LogP contribution is -2.91. The van der Waals surface area contributed by atoms with Crippen LogP contribution in [0.3, 0.4) is 0 Å². The summed E-state index contributed by atoms with van der Waals surface area (Å²) in [5.74, 6) is 1.69. The number of hydrogen-bond donors (Lipinski definition) is 1. The topological polar surface area (TPSA) is 55.4 Å². The summed E-state index contributed by atoms with van der Waals surface area (Å²) >= 11 is 1.71. The zero-order valence-corrected chi connectivity index (χ0v) is 16.5. The number of amides is 1. The second-order valence-corrected chi connectivity index (χ2v) is 7.79. The lowest BCUT2D eigenvalue weighted by molar-refractivity contribution is -0.676. The Kier molecular flexibility index (Phi) is 6.16. The Balaban J connectivity index is 1.73. The zero-order valence-electron chi connectivity index (χ0n) is 15.7. The number of carbonyl (C=O) groups is 1. The van der Waals surface area contributed by atoms with Gasteiger partial charge in [-0.15, -0.1) is 11.3 Å². The molecule has 1 aliphatic heterocycles. The lowest BCUT2D eigenvalue weighted by Gasteiger charge is -2.23. The second kappa shape index (κ2) is 8.56. The van der Waals surface area contributed by atoms with Crippen molar-refractivity contribution < 1.29 is 19.6 Å². The van der Waals surface area contributed by atoms with Crippen LogP contribution < -0.4 is 14.8 Å². The van der Waals surface area contributed by atoms with E-state index in [1.165, 1.54) is 10.4 Å². The van der Waals surface area contributed by atoms with Crippen LogP contribution in [0, 0.1) is 6.92 Å². The monoisotopic (exact) mass is 375 g/mol. The van der Waals surface area contributed by atoms with Crippen LogP contribution in [0.5, 0.6) is 11.5 Å². The molecule has 0 radical (unpaired) electrons. The van der Waals surface area contributed by atoms with Crippen molar-refractivity contribution in [3.8, 4) is 11.5 Å². The molecule has 2 aromatic rings. The molecule has 1 aliphatic rings. The summed E-state index contributed by atoms with van der Waals surface area (Å²) < 4.78 is 10.8. The molecule has 0 spiro atoms. The van der Waals surface area contributed by atoms with Gasteiger partial charge in [-0.1, -0.05) is 13.0 Å². The molecule has 1 aromatic carbocycles. The normalized spacial score (nSPS) is 13.7. The van der Waals surface area contributed by atoms with E-state index in [1.54, 1.807) is 11.3 Å². The zero-order chi connectivity index (χ0) is 18.5. The number of quaternary nitrogens is 1. The first-order valence-corrected chi connectivity index (χ1v) is 9.97. The maximum absolute atomic E-state index is 12.9. The molecular weight excluding hydrogens is 348 g/mol. The van der Waals surface area contributed by atoms with E-state index in [4.69, 9.17) is 9.47 Å². The minimum atomic E-state index is 0.163. The number of nitrogens with zero attached hydrogens (tertiary/aromatic N) is 1. The van der Waals surface area contributed by atoms with Gasteiger partial charge < -0.3 is 19.7 Å². The summed E-state index contributed by atoms with van der Waals surface area (Å²) in [7, 11) is 0. The molecular formula is C20H27N2O3S+. The van der Waals surface area contributed by atoms with E-state index in [1.807, 2.05) is 23.1 Å². The molecule has 0 unspecified atom stereocenters. The number of benzene rings is 1. The van der Waals surface area contributed by atoms with Gasteiger partial charge in [0.25, 0.3) is 5.91 Å². The average molecular weight is 376 g/mol. The summed E-state index contributed by atoms with van der Waals surface area (Å²) in [5, 5.41) is 4.20. The molecule has 1 aromatic heterocycles. The Morgan fingerprint density at radius 2 is 2.08 bits per heavy atom. The van der Waals surface area contributed by atoms with Gasteiger partial charge in [-0.3, -0.25) is 4.79 Å². The first-order chi connectivity index (χ1) is 12.6. The fourth-order valence-corrected chi connectivity index (χ4v) is 3.75. The van der Waals surface area contributed by atoms with Gasteiger partial charge in [-0.05, 0) is 55.0 Å². The highest BCUT2D eigenvalue weighted by molar-refractivity contribution is 7.10. The standard InChI is InChI=1S/C20H26N2O3S/c1-4-15(3)21-10-20(23)22(12-19-14(2)7-8-26-19)11-16-5-6-17-18(9-16)25-13-24-17/h5-9,15,21H,4,10-13H2,1-3H3/p+1/t15-/m0/s1. The van der Waals surface area contributed by atoms with E-state index in [0.29, 0.717) is 25.7 Å². The summed E-state index contributed by atoms with van der Waals surface area (Å²) in [6.07, 6.45) is 1.06. The van der Waals surface area contributed by atoms with Crippen molar-refractivity contribution in [2.24, 2.45) is 0 Å². The Hall–Kier alpha value is -2.05. The van der Waals surface area contributed by atoms with Gasteiger partial charge >= 0.3 is 0 Å². The van der Waals surface area contributed by atoms with E-state index < -0.39 is 0 Å². The smallest absolute Gasteiger partial charge is 0.278 e. The van der Waals surface area contributed by atoms with Crippen LogP contribution in [-0.4, -0.2) is 30.2 Å². The SMILES string of the molecule is CC[C@H](C)[NH2+]CC(=O)N(Cc1ccc2c(c1)OCO2)Cc1sccc1C. The largest absolute Gasteiger partial charge is 0.454 e. The Labute approximate surface area is 158 Å². The predicted molar refractivity (Wildman–Crippen MR) is 102 cm³/mol. The molecule has 0 aliphatic carbocycles. The quantitative estimate of drug-likeness (QED) is 0.772. The van der Waals surface area contributed by atoms with Gasteiger partial charge in [-0.2, -0.15) is 0 Å². The first kappa shape index (κ1) is 18.7. The molecule has 0 bridgehead atoms. The molecule has 26 heavy (non-hydrogen) atoms. The molecule has 140 valence electrons. The molecule has 3 rings (SSSR count). The molecule has 5 nitrogen and oxygen atoms in total. The molecule has 0 fully saturated rings. The summed E-state index contributed by atoms with van der Waals surface area (Å²) in [4.78, 5) is 16.1. The van der Waals surface area contributed by atoms with E-state index in [-0.39, 0.29) is 12.7 Å². The number of nitrogens with two attached hydrogens (primary N) is 1. The van der Waals surface area contributed by atoms with Crippen molar-refractivity contribution in [2.45, 2.75) is 46.3 Å². The number of rotatable bonds is 8. The third-order valence-corrected chi connectivity index (χ3v) is 5.81. The van der Waals surface area contributed by atoms with Gasteiger partial charge in [0.15, 0.2) is 18.0 Å². The third-order valence-electron chi connectivity index (χ3n) is 4.80. The van der Waals surface area contributed by atoms with Gasteiger partial charge in [-0.25, -0.2) is 0 Å². The fraction of sp³-hybridized carbons (Fsp3) is 0.450. The summed E-state index contributed by atoms with van der Waals surface area (Å²) in [6.45, 7) is 8.35.